The lowest BCUT2D eigenvalue weighted by Gasteiger charge is -2.35. The molecule has 9 nitrogen and oxygen atoms in total. The summed E-state index contributed by atoms with van der Waals surface area (Å²) in [5.74, 6) is -5.22. The summed E-state index contributed by atoms with van der Waals surface area (Å²) in [5, 5.41) is 21.7. The lowest BCUT2D eigenvalue weighted by atomic mass is 9.90. The van der Waals surface area contributed by atoms with Gasteiger partial charge in [0, 0.05) is 25.3 Å². The minimum Gasteiger partial charge on any atom is -0.480 e. The largest absolute Gasteiger partial charge is 0.480 e. The number of nitrogens with two attached hydrogens (primary N) is 1. The van der Waals surface area contributed by atoms with Crippen molar-refractivity contribution in [1.29, 1.82) is 5.26 Å². The van der Waals surface area contributed by atoms with Crippen LogP contribution in [0.25, 0.3) is 0 Å². The Hall–Kier alpha value is -2.03. The molecule has 3 fully saturated rings. The first-order valence-corrected chi connectivity index (χ1v) is 9.62. The lowest BCUT2D eigenvalue weighted by Crippen LogP contribution is -2.52. The molecule has 2 amide bonds. The fourth-order valence-electron chi connectivity index (χ4n) is 3.18. The molecule has 1 aliphatic heterocycles. The first-order chi connectivity index (χ1) is 13.5. The van der Waals surface area contributed by atoms with Crippen molar-refractivity contribution in [2.75, 3.05) is 13.2 Å². The summed E-state index contributed by atoms with van der Waals surface area (Å²) in [6, 6.07) is -0.556. The predicted molar refractivity (Wildman–Crippen MR) is 97.0 cm³/mol. The van der Waals surface area contributed by atoms with Crippen LogP contribution < -0.4 is 16.4 Å². The Morgan fingerprint density at radius 2 is 1.83 bits per heavy atom. The molecule has 11 heteroatoms. The summed E-state index contributed by atoms with van der Waals surface area (Å²) in [5.41, 5.74) is 4.88. The van der Waals surface area contributed by atoms with Gasteiger partial charge >= 0.3 is 12.0 Å². The molecule has 0 unspecified atom stereocenters. The average molecular weight is 418 g/mol. The van der Waals surface area contributed by atoms with Crippen molar-refractivity contribution in [2.45, 2.75) is 81.2 Å². The highest BCUT2D eigenvalue weighted by molar-refractivity contribution is 5.82. The molecule has 2 saturated carbocycles. The Bertz CT molecular complexity index is 629. The third-order valence-corrected chi connectivity index (χ3v) is 5.07. The van der Waals surface area contributed by atoms with E-state index in [4.69, 9.17) is 25.6 Å². The van der Waals surface area contributed by atoms with E-state index in [1.54, 1.807) is 0 Å². The third-order valence-electron chi connectivity index (χ3n) is 5.07. The normalized spacial score (nSPS) is 23.3. The van der Waals surface area contributed by atoms with Gasteiger partial charge in [-0.25, -0.2) is 18.4 Å². The van der Waals surface area contributed by atoms with E-state index < -0.39 is 41.7 Å². The number of carboxylic acid groups (broad SMARTS) is 1. The zero-order valence-corrected chi connectivity index (χ0v) is 16.4. The van der Waals surface area contributed by atoms with Crippen molar-refractivity contribution in [2.24, 2.45) is 5.73 Å². The zero-order chi connectivity index (χ0) is 21.7. The van der Waals surface area contributed by atoms with Crippen molar-refractivity contribution >= 4 is 12.0 Å². The molecule has 3 rings (SSSR count). The van der Waals surface area contributed by atoms with Crippen LogP contribution in [0, 0.1) is 11.3 Å². The van der Waals surface area contributed by atoms with Crippen molar-refractivity contribution in [3.05, 3.63) is 0 Å². The van der Waals surface area contributed by atoms with Gasteiger partial charge in [0.2, 0.25) is 5.92 Å². The SMILES string of the molecule is CC(F)(F)C[C@H](NC(=O)NC1CCC2(CC1)OCCO2)C(=O)O.N#CC1(N)CC1. The van der Waals surface area contributed by atoms with E-state index in [0.29, 0.717) is 45.8 Å². The summed E-state index contributed by atoms with van der Waals surface area (Å²) in [6.45, 7) is 1.74. The number of hydrogen-bond acceptors (Lipinski definition) is 6. The molecule has 3 aliphatic rings. The van der Waals surface area contributed by atoms with E-state index in [9.17, 15) is 18.4 Å². The Balaban J connectivity index is 0.000000426. The molecule has 5 N–H and O–H groups in total. The van der Waals surface area contributed by atoms with Crippen molar-refractivity contribution < 1.29 is 33.0 Å². The van der Waals surface area contributed by atoms with Gasteiger partial charge in [-0.3, -0.25) is 0 Å². The number of alkyl halides is 2. The minimum atomic E-state index is -3.18. The van der Waals surface area contributed by atoms with Crippen LogP contribution in [-0.2, 0) is 14.3 Å². The molecular formula is C18H28F2N4O5. The fourth-order valence-corrected chi connectivity index (χ4v) is 3.18. The molecule has 29 heavy (non-hydrogen) atoms. The summed E-state index contributed by atoms with van der Waals surface area (Å²) in [6.07, 6.45) is 3.34. The van der Waals surface area contributed by atoms with E-state index in [1.165, 1.54) is 0 Å². The lowest BCUT2D eigenvalue weighted by molar-refractivity contribution is -0.179. The van der Waals surface area contributed by atoms with E-state index >= 15 is 0 Å². The van der Waals surface area contributed by atoms with Gasteiger partial charge in [0.15, 0.2) is 5.79 Å². The summed E-state index contributed by atoms with van der Waals surface area (Å²) < 4.78 is 37.0. The number of carbonyl (C=O) groups is 2. The number of carboxylic acids is 1. The highest BCUT2D eigenvalue weighted by Gasteiger charge is 2.41. The van der Waals surface area contributed by atoms with Crippen LogP contribution >= 0.6 is 0 Å². The number of nitriles is 1. The molecule has 1 saturated heterocycles. The number of halogens is 2. The van der Waals surface area contributed by atoms with Gasteiger partial charge in [-0.2, -0.15) is 5.26 Å². The molecule has 164 valence electrons. The summed E-state index contributed by atoms with van der Waals surface area (Å²) in [4.78, 5) is 22.8. The maximum atomic E-state index is 12.9. The third kappa shape index (κ3) is 7.72. The van der Waals surface area contributed by atoms with Crippen molar-refractivity contribution in [3.8, 4) is 6.07 Å². The number of rotatable bonds is 5. The second kappa shape index (κ2) is 9.19. The van der Waals surface area contributed by atoms with E-state index in [2.05, 4.69) is 10.6 Å². The van der Waals surface area contributed by atoms with Gasteiger partial charge in [0.25, 0.3) is 0 Å². The number of aliphatic carboxylic acids is 1. The van der Waals surface area contributed by atoms with E-state index in [0.717, 1.165) is 12.8 Å². The molecule has 1 heterocycles. The van der Waals surface area contributed by atoms with Crippen LogP contribution in [0.2, 0.25) is 0 Å². The quantitative estimate of drug-likeness (QED) is 0.529. The van der Waals surface area contributed by atoms with Crippen LogP contribution in [0.5, 0.6) is 0 Å². The van der Waals surface area contributed by atoms with Gasteiger partial charge in [-0.05, 0) is 32.6 Å². The molecule has 0 aromatic rings. The highest BCUT2D eigenvalue weighted by atomic mass is 19.3. The van der Waals surface area contributed by atoms with Gasteiger partial charge < -0.3 is 30.9 Å². The molecule has 0 bridgehead atoms. The van der Waals surface area contributed by atoms with Crippen molar-refractivity contribution in [1.82, 2.24) is 10.6 Å². The van der Waals surface area contributed by atoms with Crippen LogP contribution in [0.4, 0.5) is 13.6 Å². The molecule has 1 spiro atoms. The maximum Gasteiger partial charge on any atom is 0.326 e. The number of ether oxygens (including phenoxy) is 2. The second-order valence-corrected chi connectivity index (χ2v) is 7.93. The van der Waals surface area contributed by atoms with Gasteiger partial charge in [0.05, 0.1) is 19.3 Å². The average Bonchev–Trinajstić information content (AvgIpc) is 3.21. The number of urea groups is 1. The number of amides is 2. The maximum absolute atomic E-state index is 12.9. The van der Waals surface area contributed by atoms with Crippen LogP contribution in [-0.4, -0.2) is 59.7 Å². The number of hydrogen-bond donors (Lipinski definition) is 4. The topological polar surface area (TPSA) is 147 Å². The Morgan fingerprint density at radius 1 is 1.28 bits per heavy atom. The second-order valence-electron chi connectivity index (χ2n) is 7.93. The van der Waals surface area contributed by atoms with Crippen LogP contribution in [0.15, 0.2) is 0 Å². The predicted octanol–water partition coefficient (Wildman–Crippen LogP) is 1.47. The Kier molecular flexibility index (Phi) is 7.37. The van der Waals surface area contributed by atoms with E-state index in [-0.39, 0.29) is 6.04 Å². The monoisotopic (exact) mass is 418 g/mol. The van der Waals surface area contributed by atoms with Gasteiger partial charge in [-0.1, -0.05) is 0 Å². The smallest absolute Gasteiger partial charge is 0.326 e. The number of carbonyl (C=O) groups excluding carboxylic acids is 1. The van der Waals surface area contributed by atoms with Crippen molar-refractivity contribution in [3.63, 3.8) is 0 Å². The first-order valence-electron chi connectivity index (χ1n) is 9.62. The fraction of sp³-hybridized carbons (Fsp3) is 0.833. The minimum absolute atomic E-state index is 0.162. The Morgan fingerprint density at radius 3 is 2.21 bits per heavy atom. The van der Waals surface area contributed by atoms with E-state index in [1.807, 2.05) is 6.07 Å². The van der Waals surface area contributed by atoms with Gasteiger partial charge in [0.1, 0.15) is 11.6 Å². The molecule has 2 aliphatic carbocycles. The zero-order valence-electron chi connectivity index (χ0n) is 16.4. The molecule has 1 atom stereocenters. The molecule has 0 radical (unpaired) electrons. The highest BCUT2D eigenvalue weighted by Crippen LogP contribution is 2.35. The molecule has 0 aromatic heterocycles. The van der Waals surface area contributed by atoms with Gasteiger partial charge in [-0.15, -0.1) is 0 Å². The molecule has 0 aromatic carbocycles. The summed E-state index contributed by atoms with van der Waals surface area (Å²) in [7, 11) is 0. The molecular weight excluding hydrogens is 390 g/mol. The number of nitrogens with zero attached hydrogens (tertiary/aromatic N) is 1. The number of nitrogens with one attached hydrogen (secondary N) is 2. The Labute approximate surface area is 167 Å². The summed E-state index contributed by atoms with van der Waals surface area (Å²) >= 11 is 0. The van der Waals surface area contributed by atoms with Crippen LogP contribution in [0.3, 0.4) is 0 Å². The van der Waals surface area contributed by atoms with Crippen LogP contribution in [0.1, 0.15) is 51.9 Å². The standard InChI is InChI=1S/C14H22F2N2O5.C4H6N2/c1-13(15,16)8-10(11(19)20)18-12(21)17-9-2-4-14(5-3-9)22-6-7-23-14;5-3-4(6)1-2-4/h9-10H,2-8H2,1H3,(H,19,20)(H2,17,18,21);1-2,6H2/t10-;/m0./s1. The first kappa shape index (κ1) is 23.3.